The predicted molar refractivity (Wildman–Crippen MR) is 121 cm³/mol. The second-order valence-corrected chi connectivity index (χ2v) is 8.49. The number of carbonyl (C=O) groups excluding carboxylic acids is 1. The highest BCUT2D eigenvalue weighted by molar-refractivity contribution is 5.97. The zero-order valence-corrected chi connectivity index (χ0v) is 18.1. The van der Waals surface area contributed by atoms with E-state index >= 15 is 0 Å². The fraction of sp³-hybridized carbons (Fsp3) is 0.375. The summed E-state index contributed by atoms with van der Waals surface area (Å²) < 4.78 is 8.90. The van der Waals surface area contributed by atoms with Crippen molar-refractivity contribution in [2.45, 2.75) is 33.1 Å². The van der Waals surface area contributed by atoms with E-state index in [0.717, 1.165) is 24.2 Å². The molecule has 1 saturated heterocycles. The van der Waals surface area contributed by atoms with Gasteiger partial charge in [0.25, 0.3) is 11.5 Å². The van der Waals surface area contributed by atoms with E-state index in [0.29, 0.717) is 56.0 Å². The molecule has 0 spiro atoms. The molecule has 1 amide bonds. The molecule has 2 aliphatic rings. The third-order valence-electron chi connectivity index (χ3n) is 6.26. The Hall–Kier alpha value is -3.23. The number of aryl methyl sites for hydroxylation is 3. The molecule has 8 heteroatoms. The maximum atomic E-state index is 13.3. The van der Waals surface area contributed by atoms with Crippen LogP contribution in [0.25, 0.3) is 11.0 Å². The Morgan fingerprint density at radius 3 is 2.56 bits per heavy atom. The van der Waals surface area contributed by atoms with Crippen LogP contribution in [0, 0.1) is 6.92 Å². The van der Waals surface area contributed by atoms with Crippen LogP contribution >= 0.6 is 0 Å². The van der Waals surface area contributed by atoms with Gasteiger partial charge in [0.1, 0.15) is 11.2 Å². The Labute approximate surface area is 185 Å². The molecule has 0 saturated carbocycles. The van der Waals surface area contributed by atoms with Gasteiger partial charge in [0, 0.05) is 51.0 Å². The van der Waals surface area contributed by atoms with Gasteiger partial charge in [0.05, 0.1) is 18.6 Å². The lowest BCUT2D eigenvalue weighted by atomic mass is 10.1. The SMILES string of the molecule is Cc1ccc(CNC(=O)c2cn3c4c(cc(CN5CCOCC5)c(=O)n4CC3)c2=O)cc1. The Morgan fingerprint density at radius 2 is 1.81 bits per heavy atom. The molecule has 0 bridgehead atoms. The van der Waals surface area contributed by atoms with Crippen LogP contribution in [0.5, 0.6) is 0 Å². The number of nitrogens with zero attached hydrogens (tertiary/aromatic N) is 3. The van der Waals surface area contributed by atoms with Crippen molar-refractivity contribution in [3.63, 3.8) is 0 Å². The van der Waals surface area contributed by atoms with E-state index in [2.05, 4.69) is 10.2 Å². The van der Waals surface area contributed by atoms with Gasteiger partial charge in [-0.05, 0) is 18.6 Å². The van der Waals surface area contributed by atoms with E-state index < -0.39 is 5.91 Å². The molecule has 0 aliphatic carbocycles. The summed E-state index contributed by atoms with van der Waals surface area (Å²) in [6.07, 6.45) is 1.58. The molecule has 1 aromatic carbocycles. The number of nitrogens with one attached hydrogen (secondary N) is 1. The van der Waals surface area contributed by atoms with Crippen LogP contribution in [0.4, 0.5) is 0 Å². The molecule has 1 fully saturated rings. The second-order valence-electron chi connectivity index (χ2n) is 8.49. The monoisotopic (exact) mass is 434 g/mol. The average Bonchev–Trinajstić information content (AvgIpc) is 3.23. The lowest BCUT2D eigenvalue weighted by Gasteiger charge is -2.26. The first-order chi connectivity index (χ1) is 15.5. The van der Waals surface area contributed by atoms with Crippen LogP contribution < -0.4 is 16.3 Å². The zero-order chi connectivity index (χ0) is 22.2. The molecule has 4 heterocycles. The summed E-state index contributed by atoms with van der Waals surface area (Å²) in [6.45, 7) is 6.67. The fourth-order valence-electron chi connectivity index (χ4n) is 4.46. The van der Waals surface area contributed by atoms with Crippen molar-refractivity contribution in [3.8, 4) is 0 Å². The van der Waals surface area contributed by atoms with Crippen molar-refractivity contribution in [3.05, 3.63) is 79.4 Å². The number of benzene rings is 1. The molecule has 0 atom stereocenters. The minimum Gasteiger partial charge on any atom is -0.379 e. The number of carbonyl (C=O) groups is 1. The minimum absolute atomic E-state index is 0.0637. The Morgan fingerprint density at radius 1 is 1.06 bits per heavy atom. The Balaban J connectivity index is 1.48. The molecule has 1 N–H and O–H groups in total. The van der Waals surface area contributed by atoms with Crippen molar-refractivity contribution in [1.82, 2.24) is 19.4 Å². The van der Waals surface area contributed by atoms with Crippen LogP contribution in [0.15, 0.2) is 46.1 Å². The topological polar surface area (TPSA) is 85.6 Å². The van der Waals surface area contributed by atoms with Gasteiger partial charge in [-0.2, -0.15) is 0 Å². The average molecular weight is 434 g/mol. The molecule has 2 aliphatic heterocycles. The third kappa shape index (κ3) is 3.76. The first kappa shape index (κ1) is 20.7. The highest BCUT2D eigenvalue weighted by Gasteiger charge is 2.24. The zero-order valence-electron chi connectivity index (χ0n) is 18.1. The summed E-state index contributed by atoms with van der Waals surface area (Å²) in [5.41, 5.74) is 3.01. The largest absolute Gasteiger partial charge is 0.379 e. The third-order valence-corrected chi connectivity index (χ3v) is 6.26. The van der Waals surface area contributed by atoms with Gasteiger partial charge in [-0.1, -0.05) is 29.8 Å². The fourth-order valence-corrected chi connectivity index (χ4v) is 4.46. The number of morpholine rings is 1. The highest BCUT2D eigenvalue weighted by atomic mass is 16.5. The summed E-state index contributed by atoms with van der Waals surface area (Å²) >= 11 is 0. The summed E-state index contributed by atoms with van der Waals surface area (Å²) in [7, 11) is 0. The number of ether oxygens (including phenoxy) is 1. The van der Waals surface area contributed by atoms with E-state index in [4.69, 9.17) is 4.74 Å². The second kappa shape index (κ2) is 8.37. The molecule has 32 heavy (non-hydrogen) atoms. The van der Waals surface area contributed by atoms with E-state index in [1.807, 2.05) is 35.8 Å². The minimum atomic E-state index is -0.402. The van der Waals surface area contributed by atoms with E-state index in [-0.39, 0.29) is 16.6 Å². The lowest BCUT2D eigenvalue weighted by molar-refractivity contribution is 0.0340. The Bertz CT molecular complexity index is 1300. The normalized spacial score (nSPS) is 15.9. The number of hydrogen-bond acceptors (Lipinski definition) is 5. The molecule has 5 rings (SSSR count). The quantitative estimate of drug-likeness (QED) is 0.653. The van der Waals surface area contributed by atoms with Crippen LogP contribution in [-0.2, 0) is 30.9 Å². The van der Waals surface area contributed by atoms with E-state index in [9.17, 15) is 14.4 Å². The van der Waals surface area contributed by atoms with Gasteiger partial charge in [0.15, 0.2) is 0 Å². The molecule has 2 aromatic heterocycles. The standard InChI is InChI=1S/C24H26N4O4/c1-16-2-4-17(5-3-16)13-25-22(30)20-15-27-6-7-28-23(27)19(21(20)29)12-18(24(28)31)14-26-8-10-32-11-9-26/h2-5,12,15H,6-11,13-14H2,1H3,(H,25,30). The molecule has 8 nitrogen and oxygen atoms in total. The van der Waals surface area contributed by atoms with Gasteiger partial charge < -0.3 is 14.6 Å². The smallest absolute Gasteiger partial charge is 0.257 e. The van der Waals surface area contributed by atoms with E-state index in [1.165, 1.54) is 0 Å². The van der Waals surface area contributed by atoms with Crippen molar-refractivity contribution in [1.29, 1.82) is 0 Å². The first-order valence-corrected chi connectivity index (χ1v) is 10.9. The van der Waals surface area contributed by atoms with Crippen molar-refractivity contribution in [2.24, 2.45) is 0 Å². The lowest BCUT2D eigenvalue weighted by Crippen LogP contribution is -2.38. The van der Waals surface area contributed by atoms with Gasteiger partial charge in [-0.25, -0.2) is 0 Å². The first-order valence-electron chi connectivity index (χ1n) is 10.9. The molecule has 166 valence electrons. The number of rotatable bonds is 5. The summed E-state index contributed by atoms with van der Waals surface area (Å²) in [5, 5.41) is 3.28. The number of hydrogen-bond donors (Lipinski definition) is 1. The van der Waals surface area contributed by atoms with Crippen LogP contribution in [0.2, 0.25) is 0 Å². The Kier molecular flexibility index (Phi) is 5.40. The maximum Gasteiger partial charge on any atom is 0.257 e. The van der Waals surface area contributed by atoms with Gasteiger partial charge in [-0.3, -0.25) is 23.9 Å². The molecule has 0 radical (unpaired) electrons. The van der Waals surface area contributed by atoms with Gasteiger partial charge >= 0.3 is 0 Å². The van der Waals surface area contributed by atoms with Crippen LogP contribution in [0.1, 0.15) is 27.0 Å². The highest BCUT2D eigenvalue weighted by Crippen LogP contribution is 2.18. The van der Waals surface area contributed by atoms with Gasteiger partial charge in [-0.15, -0.1) is 0 Å². The maximum absolute atomic E-state index is 13.3. The van der Waals surface area contributed by atoms with Crippen LogP contribution in [0.3, 0.4) is 0 Å². The number of aromatic nitrogens is 2. The van der Waals surface area contributed by atoms with Crippen molar-refractivity contribution >= 4 is 16.9 Å². The summed E-state index contributed by atoms with van der Waals surface area (Å²) in [6, 6.07) is 9.58. The number of amides is 1. The molecule has 0 unspecified atom stereocenters. The number of pyridine rings is 2. The van der Waals surface area contributed by atoms with Crippen molar-refractivity contribution < 1.29 is 9.53 Å². The van der Waals surface area contributed by atoms with Crippen molar-refractivity contribution in [2.75, 3.05) is 26.3 Å². The van der Waals surface area contributed by atoms with E-state index in [1.54, 1.807) is 16.8 Å². The predicted octanol–water partition coefficient (Wildman–Crippen LogP) is 1.25. The molecular formula is C24H26N4O4. The summed E-state index contributed by atoms with van der Waals surface area (Å²) in [4.78, 5) is 41.4. The molecular weight excluding hydrogens is 408 g/mol. The van der Waals surface area contributed by atoms with Gasteiger partial charge in [0.2, 0.25) is 5.43 Å². The van der Waals surface area contributed by atoms with Crippen LogP contribution in [-0.4, -0.2) is 46.2 Å². The summed E-state index contributed by atoms with van der Waals surface area (Å²) in [5.74, 6) is -0.402. The molecule has 3 aromatic rings.